The summed E-state index contributed by atoms with van der Waals surface area (Å²) in [5, 5.41) is 0. The molecule has 0 aliphatic carbocycles. The molecule has 0 fully saturated rings. The van der Waals surface area contributed by atoms with E-state index in [-0.39, 0.29) is 0 Å². The van der Waals surface area contributed by atoms with Crippen LogP contribution in [0.1, 0.15) is 25.8 Å². The molecule has 1 atom stereocenters. The van der Waals surface area contributed by atoms with E-state index in [4.69, 9.17) is 0 Å². The van der Waals surface area contributed by atoms with Gasteiger partial charge in [-0.1, -0.05) is 13.3 Å². The van der Waals surface area contributed by atoms with E-state index in [1.165, 1.54) is 0 Å². The van der Waals surface area contributed by atoms with Gasteiger partial charge in [0.15, 0.2) is 0 Å². The molecule has 0 aliphatic rings. The van der Waals surface area contributed by atoms with Crippen LogP contribution in [0.25, 0.3) is 0 Å². The Kier molecular flexibility index (Phi) is 2.55. The predicted octanol–water partition coefficient (Wildman–Crippen LogP) is 2.66. The number of nitrogens with zero attached hydrogens (tertiary/aromatic N) is 1. The van der Waals surface area contributed by atoms with Crippen LogP contribution in [0.3, 0.4) is 0 Å². The smallest absolute Gasteiger partial charge is 0.0302 e. The highest BCUT2D eigenvalue weighted by Crippen LogP contribution is 2.11. The lowest BCUT2D eigenvalue weighted by atomic mass is 10.2. The SMILES string of the molecule is [CH2]CCC(C)n1cccc1. The summed E-state index contributed by atoms with van der Waals surface area (Å²) in [4.78, 5) is 0. The van der Waals surface area contributed by atoms with Crippen molar-refractivity contribution in [2.45, 2.75) is 25.8 Å². The van der Waals surface area contributed by atoms with Gasteiger partial charge in [0.25, 0.3) is 0 Å². The standard InChI is InChI=1S/C9H14N/c1-3-6-9(2)10-7-4-5-8-10/h4-5,7-9H,1,3,6H2,2H3. The zero-order valence-electron chi connectivity index (χ0n) is 6.46. The van der Waals surface area contributed by atoms with E-state index >= 15 is 0 Å². The summed E-state index contributed by atoms with van der Waals surface area (Å²) >= 11 is 0. The van der Waals surface area contributed by atoms with Gasteiger partial charge in [-0.15, -0.1) is 0 Å². The minimum atomic E-state index is 0.604. The first-order valence-corrected chi connectivity index (χ1v) is 3.76. The molecule has 0 aliphatic heterocycles. The van der Waals surface area contributed by atoms with E-state index in [1.54, 1.807) is 0 Å². The molecule has 10 heavy (non-hydrogen) atoms. The summed E-state index contributed by atoms with van der Waals surface area (Å²) in [5.41, 5.74) is 0. The van der Waals surface area contributed by atoms with Crippen LogP contribution in [0.5, 0.6) is 0 Å². The third kappa shape index (κ3) is 1.63. The molecule has 55 valence electrons. The van der Waals surface area contributed by atoms with E-state index < -0.39 is 0 Å². The molecule has 1 heterocycles. The van der Waals surface area contributed by atoms with Gasteiger partial charge in [-0.2, -0.15) is 0 Å². The van der Waals surface area contributed by atoms with Crippen LogP contribution in [0, 0.1) is 6.92 Å². The second kappa shape index (κ2) is 3.45. The third-order valence-electron chi connectivity index (χ3n) is 1.76. The summed E-state index contributed by atoms with van der Waals surface area (Å²) in [6.07, 6.45) is 6.37. The quantitative estimate of drug-likeness (QED) is 0.602. The highest BCUT2D eigenvalue weighted by molar-refractivity contribution is 4.92. The Morgan fingerprint density at radius 2 is 2.00 bits per heavy atom. The lowest BCUT2D eigenvalue weighted by Crippen LogP contribution is -2.00. The van der Waals surface area contributed by atoms with Crippen LogP contribution < -0.4 is 0 Å². The second-order valence-electron chi connectivity index (χ2n) is 2.62. The molecular weight excluding hydrogens is 122 g/mol. The topological polar surface area (TPSA) is 4.93 Å². The summed E-state index contributed by atoms with van der Waals surface area (Å²) in [6.45, 7) is 6.04. The summed E-state index contributed by atoms with van der Waals surface area (Å²) in [5.74, 6) is 0. The van der Waals surface area contributed by atoms with Crippen molar-refractivity contribution in [1.82, 2.24) is 4.57 Å². The average Bonchev–Trinajstić information content (AvgIpc) is 2.38. The lowest BCUT2D eigenvalue weighted by Gasteiger charge is -2.11. The second-order valence-corrected chi connectivity index (χ2v) is 2.62. The van der Waals surface area contributed by atoms with Gasteiger partial charge in [-0.25, -0.2) is 0 Å². The lowest BCUT2D eigenvalue weighted by molar-refractivity contribution is 0.513. The van der Waals surface area contributed by atoms with Crippen molar-refractivity contribution in [1.29, 1.82) is 0 Å². The molecule has 0 amide bonds. The van der Waals surface area contributed by atoms with Crippen LogP contribution in [0.2, 0.25) is 0 Å². The minimum Gasteiger partial charge on any atom is -0.352 e. The molecule has 1 aromatic heterocycles. The highest BCUT2D eigenvalue weighted by Gasteiger charge is 1.98. The molecule has 1 radical (unpaired) electrons. The van der Waals surface area contributed by atoms with Crippen LogP contribution in [-0.4, -0.2) is 4.57 Å². The Hall–Kier alpha value is -0.720. The predicted molar refractivity (Wildman–Crippen MR) is 43.7 cm³/mol. The van der Waals surface area contributed by atoms with Gasteiger partial charge >= 0.3 is 0 Å². The molecule has 0 N–H and O–H groups in total. The molecular formula is C9H14N. The van der Waals surface area contributed by atoms with Crippen molar-refractivity contribution < 1.29 is 0 Å². The first-order valence-electron chi connectivity index (χ1n) is 3.76. The fourth-order valence-electron chi connectivity index (χ4n) is 1.09. The van der Waals surface area contributed by atoms with Crippen molar-refractivity contribution in [2.24, 2.45) is 0 Å². The van der Waals surface area contributed by atoms with Crippen molar-refractivity contribution in [3.63, 3.8) is 0 Å². The zero-order valence-corrected chi connectivity index (χ0v) is 6.46. The van der Waals surface area contributed by atoms with Gasteiger partial charge in [0.1, 0.15) is 0 Å². The van der Waals surface area contributed by atoms with Crippen molar-refractivity contribution >= 4 is 0 Å². The molecule has 0 saturated heterocycles. The van der Waals surface area contributed by atoms with Gasteiger partial charge < -0.3 is 4.57 Å². The van der Waals surface area contributed by atoms with E-state index in [0.29, 0.717) is 6.04 Å². The summed E-state index contributed by atoms with van der Waals surface area (Å²) in [6, 6.07) is 4.71. The highest BCUT2D eigenvalue weighted by atomic mass is 15.0. The number of hydrogen-bond donors (Lipinski definition) is 0. The van der Waals surface area contributed by atoms with Crippen molar-refractivity contribution in [2.75, 3.05) is 0 Å². The number of rotatable bonds is 3. The third-order valence-corrected chi connectivity index (χ3v) is 1.76. The maximum absolute atomic E-state index is 3.82. The zero-order chi connectivity index (χ0) is 7.40. The molecule has 0 spiro atoms. The summed E-state index contributed by atoms with van der Waals surface area (Å²) in [7, 11) is 0. The molecule has 1 nitrogen and oxygen atoms in total. The fourth-order valence-corrected chi connectivity index (χ4v) is 1.09. The van der Waals surface area contributed by atoms with E-state index in [2.05, 4.69) is 42.9 Å². The molecule has 1 unspecified atom stereocenters. The first kappa shape index (κ1) is 7.39. The van der Waals surface area contributed by atoms with Gasteiger partial charge in [-0.3, -0.25) is 0 Å². The largest absolute Gasteiger partial charge is 0.352 e. The Morgan fingerprint density at radius 1 is 1.40 bits per heavy atom. The average molecular weight is 136 g/mol. The maximum Gasteiger partial charge on any atom is 0.0302 e. The molecule has 1 heteroatoms. The van der Waals surface area contributed by atoms with Gasteiger partial charge in [0.2, 0.25) is 0 Å². The molecule has 0 saturated carbocycles. The fraction of sp³-hybridized carbons (Fsp3) is 0.444. The number of hydrogen-bond acceptors (Lipinski definition) is 0. The Morgan fingerprint density at radius 3 is 2.50 bits per heavy atom. The summed E-state index contributed by atoms with van der Waals surface area (Å²) < 4.78 is 2.21. The van der Waals surface area contributed by atoms with Crippen LogP contribution >= 0.6 is 0 Å². The van der Waals surface area contributed by atoms with E-state index in [9.17, 15) is 0 Å². The molecule has 1 rings (SSSR count). The van der Waals surface area contributed by atoms with Crippen LogP contribution in [0.4, 0.5) is 0 Å². The Bertz CT molecular complexity index is 165. The maximum atomic E-state index is 3.82. The van der Waals surface area contributed by atoms with Gasteiger partial charge in [0, 0.05) is 18.4 Å². The number of aromatic nitrogens is 1. The van der Waals surface area contributed by atoms with E-state index in [0.717, 1.165) is 12.8 Å². The van der Waals surface area contributed by atoms with Crippen molar-refractivity contribution in [3.8, 4) is 0 Å². The normalized spacial score (nSPS) is 13.4. The van der Waals surface area contributed by atoms with E-state index in [1.807, 2.05) is 0 Å². The van der Waals surface area contributed by atoms with Crippen LogP contribution in [0.15, 0.2) is 24.5 Å². The molecule has 0 bridgehead atoms. The Balaban J connectivity index is 2.50. The van der Waals surface area contributed by atoms with Crippen LogP contribution in [-0.2, 0) is 0 Å². The molecule has 1 aromatic rings. The van der Waals surface area contributed by atoms with Gasteiger partial charge in [0.05, 0.1) is 0 Å². The van der Waals surface area contributed by atoms with Crippen molar-refractivity contribution in [3.05, 3.63) is 31.5 Å². The van der Waals surface area contributed by atoms with Gasteiger partial charge in [-0.05, 0) is 25.5 Å². The monoisotopic (exact) mass is 136 g/mol. The first-order chi connectivity index (χ1) is 4.84. The Labute approximate surface area is 62.7 Å². The minimum absolute atomic E-state index is 0.604. The molecule has 0 aromatic carbocycles.